The summed E-state index contributed by atoms with van der Waals surface area (Å²) in [6.07, 6.45) is 1.27. The molecule has 0 aliphatic heterocycles. The molecule has 0 atom stereocenters. The molecule has 0 amide bonds. The molecule has 0 aliphatic rings. The lowest BCUT2D eigenvalue weighted by Crippen LogP contribution is -2.15. The molecule has 11 heavy (non-hydrogen) atoms. The van der Waals surface area contributed by atoms with Crippen LogP contribution in [0.5, 0.6) is 0 Å². The van der Waals surface area contributed by atoms with Crippen LogP contribution in [0.2, 0.25) is 0 Å². The van der Waals surface area contributed by atoms with E-state index in [2.05, 4.69) is 5.32 Å². The van der Waals surface area contributed by atoms with Crippen molar-refractivity contribution >= 4 is 5.97 Å². The predicted molar refractivity (Wildman–Crippen MR) is 44.5 cm³/mol. The third kappa shape index (κ3) is 4.56. The zero-order chi connectivity index (χ0) is 8.85. The Balaban J connectivity index is 4.20. The Morgan fingerprint density at radius 1 is 1.64 bits per heavy atom. The van der Waals surface area contributed by atoms with Gasteiger partial charge in [-0.1, -0.05) is 13.8 Å². The summed E-state index contributed by atoms with van der Waals surface area (Å²) in [5.74, 6) is -0.581. The molecule has 0 fully saturated rings. The fraction of sp³-hybridized carbons (Fsp3) is 0.625. The second-order valence-electron chi connectivity index (χ2n) is 2.74. The highest BCUT2D eigenvalue weighted by Crippen LogP contribution is 2.07. The van der Waals surface area contributed by atoms with Gasteiger partial charge in [0.15, 0.2) is 0 Å². The van der Waals surface area contributed by atoms with Crippen molar-refractivity contribution in [2.45, 2.75) is 13.8 Å². The molecule has 0 unspecified atom stereocenters. The Hall–Kier alpha value is -0.830. The number of carbonyl (C=O) groups is 1. The Morgan fingerprint density at radius 3 is 2.45 bits per heavy atom. The number of carboxylic acid groups (broad SMARTS) is 1. The van der Waals surface area contributed by atoms with Gasteiger partial charge in [0.05, 0.1) is 0 Å². The van der Waals surface area contributed by atoms with Crippen LogP contribution < -0.4 is 5.32 Å². The molecule has 64 valence electrons. The molecule has 3 nitrogen and oxygen atoms in total. The molecule has 0 saturated heterocycles. The molecule has 0 aliphatic carbocycles. The van der Waals surface area contributed by atoms with Gasteiger partial charge in [0.2, 0.25) is 0 Å². The van der Waals surface area contributed by atoms with Gasteiger partial charge < -0.3 is 10.4 Å². The van der Waals surface area contributed by atoms with E-state index in [1.165, 1.54) is 6.08 Å². The molecule has 2 N–H and O–H groups in total. The number of nitrogens with one attached hydrogen (secondary N) is 1. The van der Waals surface area contributed by atoms with Gasteiger partial charge in [-0.2, -0.15) is 0 Å². The maximum absolute atomic E-state index is 10.3. The molecule has 0 aromatic heterocycles. The molecule has 0 saturated carbocycles. The van der Waals surface area contributed by atoms with E-state index < -0.39 is 5.97 Å². The number of aliphatic carboxylic acids is 1. The summed E-state index contributed by atoms with van der Waals surface area (Å²) in [6.45, 7) is 4.60. The summed E-state index contributed by atoms with van der Waals surface area (Å²) in [6, 6.07) is 0. The third-order valence-corrected chi connectivity index (χ3v) is 1.43. The third-order valence-electron chi connectivity index (χ3n) is 1.43. The monoisotopic (exact) mass is 157 g/mol. The Kier molecular flexibility index (Phi) is 4.54. The van der Waals surface area contributed by atoms with Crippen molar-refractivity contribution in [1.29, 1.82) is 0 Å². The van der Waals surface area contributed by atoms with Crippen LogP contribution in [0.25, 0.3) is 0 Å². The highest BCUT2D eigenvalue weighted by molar-refractivity contribution is 5.80. The van der Waals surface area contributed by atoms with Crippen LogP contribution in [-0.4, -0.2) is 24.7 Å². The lowest BCUT2D eigenvalue weighted by Gasteiger charge is -2.08. The smallest absolute Gasteiger partial charge is 0.328 e. The second-order valence-corrected chi connectivity index (χ2v) is 2.74. The summed E-state index contributed by atoms with van der Waals surface area (Å²) < 4.78 is 0. The molecule has 0 rings (SSSR count). The number of hydrogen-bond donors (Lipinski definition) is 2. The first-order chi connectivity index (χ1) is 5.07. The first kappa shape index (κ1) is 10.2. The van der Waals surface area contributed by atoms with Crippen molar-refractivity contribution < 1.29 is 9.90 Å². The van der Waals surface area contributed by atoms with E-state index in [9.17, 15) is 4.79 Å². The summed E-state index contributed by atoms with van der Waals surface area (Å²) >= 11 is 0. The fourth-order valence-electron chi connectivity index (χ4n) is 0.785. The van der Waals surface area contributed by atoms with Crippen LogP contribution in [-0.2, 0) is 4.79 Å². The maximum Gasteiger partial charge on any atom is 0.328 e. The van der Waals surface area contributed by atoms with Crippen LogP contribution >= 0.6 is 0 Å². The minimum absolute atomic E-state index is 0.290. The maximum atomic E-state index is 10.3. The van der Waals surface area contributed by atoms with Crippen molar-refractivity contribution in [3.05, 3.63) is 11.6 Å². The lowest BCUT2D eigenvalue weighted by atomic mass is 10.0. The Labute approximate surface area is 67.1 Å². The largest absolute Gasteiger partial charge is 0.478 e. The van der Waals surface area contributed by atoms with Gasteiger partial charge in [-0.25, -0.2) is 4.79 Å². The zero-order valence-electron chi connectivity index (χ0n) is 7.22. The fourth-order valence-corrected chi connectivity index (χ4v) is 0.785. The first-order valence-electron chi connectivity index (χ1n) is 3.66. The molecular weight excluding hydrogens is 142 g/mol. The second kappa shape index (κ2) is 4.91. The summed E-state index contributed by atoms with van der Waals surface area (Å²) in [5.41, 5.74) is 0.917. The van der Waals surface area contributed by atoms with Crippen molar-refractivity contribution in [3.8, 4) is 0 Å². The van der Waals surface area contributed by atoms with Gasteiger partial charge in [-0.3, -0.25) is 0 Å². The highest BCUT2D eigenvalue weighted by atomic mass is 16.4. The summed E-state index contributed by atoms with van der Waals surface area (Å²) in [4.78, 5) is 10.3. The average molecular weight is 157 g/mol. The van der Waals surface area contributed by atoms with Crippen molar-refractivity contribution in [3.63, 3.8) is 0 Å². The van der Waals surface area contributed by atoms with E-state index in [1.807, 2.05) is 13.8 Å². The number of likely N-dealkylation sites (N-methyl/N-ethyl adjacent to an activating group) is 1. The quantitative estimate of drug-likeness (QED) is 0.595. The highest BCUT2D eigenvalue weighted by Gasteiger charge is 2.03. The zero-order valence-corrected chi connectivity index (χ0v) is 7.22. The van der Waals surface area contributed by atoms with E-state index in [4.69, 9.17) is 5.11 Å². The van der Waals surface area contributed by atoms with Gasteiger partial charge in [0, 0.05) is 12.6 Å². The molecule has 3 heteroatoms. The van der Waals surface area contributed by atoms with Crippen LogP contribution in [0, 0.1) is 5.92 Å². The predicted octanol–water partition coefficient (Wildman–Crippen LogP) is 0.873. The van der Waals surface area contributed by atoms with Gasteiger partial charge in [0.25, 0.3) is 0 Å². The van der Waals surface area contributed by atoms with Crippen molar-refractivity contribution in [2.75, 3.05) is 13.6 Å². The molecule has 0 radical (unpaired) electrons. The van der Waals surface area contributed by atoms with Gasteiger partial charge >= 0.3 is 5.97 Å². The topological polar surface area (TPSA) is 49.3 Å². The van der Waals surface area contributed by atoms with E-state index >= 15 is 0 Å². The van der Waals surface area contributed by atoms with E-state index in [1.54, 1.807) is 7.05 Å². The van der Waals surface area contributed by atoms with Crippen LogP contribution in [0.1, 0.15) is 13.8 Å². The minimum atomic E-state index is -0.871. The Bertz CT molecular complexity index is 161. The van der Waals surface area contributed by atoms with E-state index in [0.717, 1.165) is 5.57 Å². The van der Waals surface area contributed by atoms with Gasteiger partial charge in [-0.15, -0.1) is 0 Å². The van der Waals surface area contributed by atoms with Crippen LogP contribution in [0.3, 0.4) is 0 Å². The molecule has 0 spiro atoms. The lowest BCUT2D eigenvalue weighted by molar-refractivity contribution is -0.131. The minimum Gasteiger partial charge on any atom is -0.478 e. The number of rotatable bonds is 4. The van der Waals surface area contributed by atoms with E-state index in [0.29, 0.717) is 12.5 Å². The van der Waals surface area contributed by atoms with E-state index in [-0.39, 0.29) is 0 Å². The molecule has 0 bridgehead atoms. The standard InChI is InChI=1S/C8H15NO2/c1-6(2)7(5-9-3)4-8(10)11/h4,6,9H,5H2,1-3H3,(H,10,11)/b7-4+. The van der Waals surface area contributed by atoms with Crippen molar-refractivity contribution in [1.82, 2.24) is 5.32 Å². The van der Waals surface area contributed by atoms with Crippen molar-refractivity contribution in [2.24, 2.45) is 5.92 Å². The van der Waals surface area contributed by atoms with Gasteiger partial charge in [0.1, 0.15) is 0 Å². The van der Waals surface area contributed by atoms with Crippen LogP contribution in [0.15, 0.2) is 11.6 Å². The Morgan fingerprint density at radius 2 is 2.18 bits per heavy atom. The normalized spacial score (nSPS) is 12.2. The van der Waals surface area contributed by atoms with Gasteiger partial charge in [-0.05, 0) is 18.5 Å². The number of hydrogen-bond acceptors (Lipinski definition) is 2. The first-order valence-corrected chi connectivity index (χ1v) is 3.66. The molecule has 0 aromatic rings. The summed E-state index contributed by atoms with van der Waals surface area (Å²) in [7, 11) is 1.80. The van der Waals surface area contributed by atoms with Crippen LogP contribution in [0.4, 0.5) is 0 Å². The molecule has 0 heterocycles. The molecule has 0 aromatic carbocycles. The SMILES string of the molecule is CNC/C(=C\C(=O)O)C(C)C. The molecular formula is C8H15NO2. The average Bonchev–Trinajstić information content (AvgIpc) is 1.86. The number of carboxylic acids is 1. The summed E-state index contributed by atoms with van der Waals surface area (Å²) in [5, 5.41) is 11.4.